The normalized spacial score (nSPS) is 15.3. The lowest BCUT2D eigenvalue weighted by Gasteiger charge is -2.16. The van der Waals surface area contributed by atoms with Crippen LogP contribution in [0, 0.1) is 0 Å². The minimum Gasteiger partial charge on any atom is -0.285 e. The summed E-state index contributed by atoms with van der Waals surface area (Å²) in [6.07, 6.45) is 1.84. The van der Waals surface area contributed by atoms with Crippen LogP contribution in [0.5, 0.6) is 0 Å². The molecular weight excluding hydrogens is 438 g/mol. The number of thiazole rings is 1. The largest absolute Gasteiger partial charge is 0.285 e. The molecule has 162 valence electrons. The van der Waals surface area contributed by atoms with E-state index in [1.54, 1.807) is 16.4 Å². The molecule has 0 amide bonds. The summed E-state index contributed by atoms with van der Waals surface area (Å²) in [6, 6.07) is 27.1. The van der Waals surface area contributed by atoms with Gasteiger partial charge in [-0.3, -0.25) is 4.57 Å². The molecule has 1 saturated heterocycles. The van der Waals surface area contributed by atoms with Gasteiger partial charge in [-0.2, -0.15) is 4.31 Å². The van der Waals surface area contributed by atoms with Crippen LogP contribution >= 0.6 is 11.3 Å². The van der Waals surface area contributed by atoms with Crippen LogP contribution in [0.25, 0.3) is 16.9 Å². The molecule has 0 atom stereocenters. The Hall–Kier alpha value is -3.00. The molecule has 32 heavy (non-hydrogen) atoms. The van der Waals surface area contributed by atoms with Crippen LogP contribution in [-0.4, -0.2) is 30.4 Å². The molecule has 0 aliphatic carbocycles. The maximum absolute atomic E-state index is 13.1. The van der Waals surface area contributed by atoms with Crippen LogP contribution < -0.4 is 4.80 Å². The molecule has 1 fully saturated rings. The molecule has 0 bridgehead atoms. The fourth-order valence-corrected chi connectivity index (χ4v) is 6.41. The van der Waals surface area contributed by atoms with E-state index in [0.29, 0.717) is 18.0 Å². The Morgan fingerprint density at radius 3 is 2.22 bits per heavy atom. The van der Waals surface area contributed by atoms with E-state index < -0.39 is 10.0 Å². The number of benzene rings is 3. The lowest BCUT2D eigenvalue weighted by Crippen LogP contribution is -2.27. The third-order valence-corrected chi connectivity index (χ3v) is 8.26. The summed E-state index contributed by atoms with van der Waals surface area (Å²) in [7, 11) is -3.48. The minimum atomic E-state index is -3.48. The molecule has 0 unspecified atom stereocenters. The second kappa shape index (κ2) is 8.86. The monoisotopic (exact) mass is 461 g/mol. The molecule has 1 aliphatic heterocycles. The van der Waals surface area contributed by atoms with Crippen molar-refractivity contribution in [1.82, 2.24) is 8.87 Å². The zero-order chi connectivity index (χ0) is 22.0. The van der Waals surface area contributed by atoms with Gasteiger partial charge in [0.15, 0.2) is 4.80 Å². The van der Waals surface area contributed by atoms with Crippen LogP contribution in [0.1, 0.15) is 12.8 Å². The van der Waals surface area contributed by atoms with Crippen molar-refractivity contribution in [2.45, 2.75) is 17.7 Å². The minimum absolute atomic E-state index is 0.337. The van der Waals surface area contributed by atoms with Gasteiger partial charge in [-0.25, -0.2) is 13.4 Å². The third kappa shape index (κ3) is 4.07. The van der Waals surface area contributed by atoms with Crippen LogP contribution in [0.3, 0.4) is 0 Å². The third-order valence-electron chi connectivity index (χ3n) is 5.54. The Labute approximate surface area is 192 Å². The van der Waals surface area contributed by atoms with Crippen LogP contribution in [0.2, 0.25) is 0 Å². The molecule has 3 aromatic carbocycles. The van der Waals surface area contributed by atoms with Gasteiger partial charge in [0.1, 0.15) is 0 Å². The Morgan fingerprint density at radius 2 is 1.50 bits per heavy atom. The first kappa shape index (κ1) is 20.9. The van der Waals surface area contributed by atoms with Gasteiger partial charge in [0.2, 0.25) is 10.0 Å². The summed E-state index contributed by atoms with van der Waals surface area (Å²) in [5, 5.41) is 2.04. The van der Waals surface area contributed by atoms with E-state index in [-0.39, 0.29) is 0 Å². The van der Waals surface area contributed by atoms with Gasteiger partial charge >= 0.3 is 0 Å². The van der Waals surface area contributed by atoms with Gasteiger partial charge in [0.25, 0.3) is 0 Å². The number of rotatable bonds is 5. The molecule has 5 rings (SSSR count). The van der Waals surface area contributed by atoms with Crippen molar-refractivity contribution in [3.8, 4) is 16.9 Å². The predicted octanol–water partition coefficient (Wildman–Crippen LogP) is 5.22. The number of hydrogen-bond donors (Lipinski definition) is 0. The summed E-state index contributed by atoms with van der Waals surface area (Å²) in [6.45, 7) is 1.18. The molecule has 7 heteroatoms. The smallest absolute Gasteiger partial charge is 0.243 e. The standard InChI is InChI=1S/C25H23N3O2S2/c29-32(30,27-16-7-8-17-27)23-15-9-10-20(18-23)24-19-31-25(26-21-11-3-1-4-12-21)28(24)22-13-5-2-6-14-22/h1-6,9-15,18-19H,7-8,16-17H2. The summed E-state index contributed by atoms with van der Waals surface area (Å²) in [5.74, 6) is 0. The summed E-state index contributed by atoms with van der Waals surface area (Å²) in [4.78, 5) is 6.01. The van der Waals surface area contributed by atoms with Gasteiger partial charge in [0, 0.05) is 29.7 Å². The predicted molar refractivity (Wildman–Crippen MR) is 129 cm³/mol. The van der Waals surface area contributed by atoms with Crippen molar-refractivity contribution >= 4 is 27.0 Å². The summed E-state index contributed by atoms with van der Waals surface area (Å²) < 4.78 is 29.9. The SMILES string of the molecule is O=S(=O)(c1cccc(-c2csc(=Nc3ccccc3)n2-c2ccccc2)c1)N1CCCC1. The highest BCUT2D eigenvalue weighted by atomic mass is 32.2. The molecule has 5 nitrogen and oxygen atoms in total. The van der Waals surface area contributed by atoms with Gasteiger partial charge in [-0.15, -0.1) is 11.3 Å². The van der Waals surface area contributed by atoms with E-state index in [0.717, 1.165) is 40.3 Å². The van der Waals surface area contributed by atoms with Crippen molar-refractivity contribution in [3.05, 3.63) is 95.1 Å². The van der Waals surface area contributed by atoms with Crippen molar-refractivity contribution in [2.75, 3.05) is 13.1 Å². The molecule has 0 spiro atoms. The molecule has 0 saturated carbocycles. The van der Waals surface area contributed by atoms with Crippen molar-refractivity contribution in [2.24, 2.45) is 4.99 Å². The average molecular weight is 462 g/mol. The van der Waals surface area contributed by atoms with Gasteiger partial charge in [-0.05, 0) is 49.2 Å². The first-order valence-electron chi connectivity index (χ1n) is 10.6. The van der Waals surface area contributed by atoms with Crippen molar-refractivity contribution < 1.29 is 8.42 Å². The summed E-state index contributed by atoms with van der Waals surface area (Å²) in [5.41, 5.74) is 3.61. The van der Waals surface area contributed by atoms with Crippen LogP contribution in [-0.2, 0) is 10.0 Å². The van der Waals surface area contributed by atoms with E-state index in [1.807, 2.05) is 78.2 Å². The van der Waals surface area contributed by atoms with Crippen LogP contribution in [0.15, 0.2) is 100 Å². The van der Waals surface area contributed by atoms with E-state index in [4.69, 9.17) is 4.99 Å². The quantitative estimate of drug-likeness (QED) is 0.409. The highest BCUT2D eigenvalue weighted by Gasteiger charge is 2.27. The lowest BCUT2D eigenvalue weighted by molar-refractivity contribution is 0.477. The zero-order valence-corrected chi connectivity index (χ0v) is 19.1. The zero-order valence-electron chi connectivity index (χ0n) is 17.5. The van der Waals surface area contributed by atoms with Gasteiger partial charge in [0.05, 0.1) is 16.3 Å². The fourth-order valence-electron chi connectivity index (χ4n) is 3.92. The Bertz CT molecular complexity index is 1390. The Kier molecular flexibility index (Phi) is 5.78. The maximum Gasteiger partial charge on any atom is 0.243 e. The average Bonchev–Trinajstić information content (AvgIpc) is 3.52. The van der Waals surface area contributed by atoms with Gasteiger partial charge in [-0.1, -0.05) is 48.5 Å². The number of para-hydroxylation sites is 2. The van der Waals surface area contributed by atoms with E-state index in [1.165, 1.54) is 11.3 Å². The van der Waals surface area contributed by atoms with E-state index in [2.05, 4.69) is 4.57 Å². The Morgan fingerprint density at radius 1 is 0.812 bits per heavy atom. The number of hydrogen-bond acceptors (Lipinski definition) is 4. The van der Waals surface area contributed by atoms with E-state index >= 15 is 0 Å². The molecule has 0 N–H and O–H groups in total. The topological polar surface area (TPSA) is 54.7 Å². The Balaban J connectivity index is 1.66. The van der Waals surface area contributed by atoms with E-state index in [9.17, 15) is 8.42 Å². The first-order chi connectivity index (χ1) is 15.6. The molecule has 1 aliphatic rings. The second-order valence-electron chi connectivity index (χ2n) is 7.66. The number of nitrogens with zero attached hydrogens (tertiary/aromatic N) is 3. The lowest BCUT2D eigenvalue weighted by atomic mass is 10.1. The first-order valence-corrected chi connectivity index (χ1v) is 12.9. The molecule has 0 radical (unpaired) electrons. The number of sulfonamides is 1. The number of aromatic nitrogens is 1. The highest BCUT2D eigenvalue weighted by molar-refractivity contribution is 7.89. The summed E-state index contributed by atoms with van der Waals surface area (Å²) >= 11 is 1.54. The highest BCUT2D eigenvalue weighted by Crippen LogP contribution is 2.28. The van der Waals surface area contributed by atoms with Crippen LogP contribution in [0.4, 0.5) is 5.69 Å². The van der Waals surface area contributed by atoms with Crippen molar-refractivity contribution in [1.29, 1.82) is 0 Å². The molecular formula is C25H23N3O2S2. The second-order valence-corrected chi connectivity index (χ2v) is 10.4. The van der Waals surface area contributed by atoms with Crippen molar-refractivity contribution in [3.63, 3.8) is 0 Å². The molecule has 2 heterocycles. The fraction of sp³-hybridized carbons (Fsp3) is 0.160. The molecule has 4 aromatic rings. The van der Waals surface area contributed by atoms with Gasteiger partial charge < -0.3 is 0 Å². The maximum atomic E-state index is 13.1. The molecule has 1 aromatic heterocycles.